The Bertz CT molecular complexity index is 203. The van der Waals surface area contributed by atoms with Crippen molar-refractivity contribution in [3.8, 4) is 0 Å². The number of rotatable bonds is 3. The van der Waals surface area contributed by atoms with Gasteiger partial charge in [0.25, 0.3) is 0 Å². The van der Waals surface area contributed by atoms with Crippen molar-refractivity contribution in [1.29, 1.82) is 0 Å². The van der Waals surface area contributed by atoms with Gasteiger partial charge in [0, 0.05) is 12.3 Å². The summed E-state index contributed by atoms with van der Waals surface area (Å²) < 4.78 is 0. The molecule has 1 aliphatic heterocycles. The summed E-state index contributed by atoms with van der Waals surface area (Å²) in [6.45, 7) is 0. The van der Waals surface area contributed by atoms with Gasteiger partial charge >= 0.3 is 0 Å². The van der Waals surface area contributed by atoms with Crippen LogP contribution in [0.5, 0.6) is 0 Å². The second kappa shape index (κ2) is 5.93. The van der Waals surface area contributed by atoms with Gasteiger partial charge in [-0.3, -0.25) is 4.79 Å². The second-order valence-electron chi connectivity index (χ2n) is 5.06. The highest BCUT2D eigenvalue weighted by molar-refractivity contribution is 7.99. The topological polar surface area (TPSA) is 17.1 Å². The number of hydrogen-bond donors (Lipinski definition) is 0. The highest BCUT2D eigenvalue weighted by Crippen LogP contribution is 2.30. The number of hydrogen-bond acceptors (Lipinski definition) is 2. The van der Waals surface area contributed by atoms with Crippen LogP contribution in [0.4, 0.5) is 0 Å². The number of thioether (sulfide) groups is 1. The molecule has 0 radical (unpaired) electrons. The molecule has 0 amide bonds. The van der Waals surface area contributed by atoms with Crippen molar-refractivity contribution in [3.63, 3.8) is 0 Å². The van der Waals surface area contributed by atoms with Crippen LogP contribution in [-0.2, 0) is 4.79 Å². The van der Waals surface area contributed by atoms with E-state index in [1.807, 2.05) is 0 Å². The third-order valence-electron chi connectivity index (χ3n) is 3.89. The third kappa shape index (κ3) is 3.51. The lowest BCUT2D eigenvalue weighted by atomic mass is 9.82. The van der Waals surface area contributed by atoms with E-state index >= 15 is 0 Å². The standard InChI is InChI=1S/C13H22OS/c14-13(12-4-2-1-3-5-12)10-11-6-8-15-9-7-11/h11-12H,1-10H2. The fourth-order valence-corrected chi connectivity index (χ4v) is 4.03. The van der Waals surface area contributed by atoms with E-state index < -0.39 is 0 Å². The Morgan fingerprint density at radius 3 is 2.33 bits per heavy atom. The smallest absolute Gasteiger partial charge is 0.136 e. The monoisotopic (exact) mass is 226 g/mol. The van der Waals surface area contributed by atoms with Crippen molar-refractivity contribution < 1.29 is 4.79 Å². The van der Waals surface area contributed by atoms with Crippen LogP contribution in [0, 0.1) is 11.8 Å². The number of Topliss-reactive ketones (excluding diaryl/α,β-unsaturated/α-hetero) is 1. The highest BCUT2D eigenvalue weighted by Gasteiger charge is 2.24. The minimum atomic E-state index is 0.438. The van der Waals surface area contributed by atoms with Gasteiger partial charge in [-0.05, 0) is 43.1 Å². The van der Waals surface area contributed by atoms with Crippen LogP contribution >= 0.6 is 11.8 Å². The fourth-order valence-electron chi connectivity index (χ4n) is 2.83. The van der Waals surface area contributed by atoms with Crippen LogP contribution in [0.25, 0.3) is 0 Å². The maximum atomic E-state index is 12.1. The van der Waals surface area contributed by atoms with Crippen LogP contribution in [0.2, 0.25) is 0 Å². The average molecular weight is 226 g/mol. The molecule has 2 fully saturated rings. The minimum Gasteiger partial charge on any atom is -0.299 e. The number of carbonyl (C=O) groups excluding carboxylic acids is 1. The van der Waals surface area contributed by atoms with Gasteiger partial charge in [0.15, 0.2) is 0 Å². The van der Waals surface area contributed by atoms with E-state index in [1.54, 1.807) is 0 Å². The van der Waals surface area contributed by atoms with E-state index in [-0.39, 0.29) is 0 Å². The summed E-state index contributed by atoms with van der Waals surface area (Å²) >= 11 is 2.05. The molecule has 1 saturated carbocycles. The second-order valence-corrected chi connectivity index (χ2v) is 6.29. The lowest BCUT2D eigenvalue weighted by Gasteiger charge is -2.25. The third-order valence-corrected chi connectivity index (χ3v) is 4.94. The van der Waals surface area contributed by atoms with Crippen molar-refractivity contribution in [3.05, 3.63) is 0 Å². The van der Waals surface area contributed by atoms with E-state index in [4.69, 9.17) is 0 Å². The summed E-state index contributed by atoms with van der Waals surface area (Å²) in [5.74, 6) is 4.31. The first-order valence-corrected chi connectivity index (χ1v) is 7.62. The SMILES string of the molecule is O=C(CC1CCSCC1)C1CCCCC1. The molecule has 0 aromatic carbocycles. The van der Waals surface area contributed by atoms with Gasteiger partial charge in [-0.2, -0.15) is 11.8 Å². The Balaban J connectivity index is 1.74. The quantitative estimate of drug-likeness (QED) is 0.730. The first kappa shape index (κ1) is 11.5. The van der Waals surface area contributed by atoms with E-state index in [0.29, 0.717) is 11.7 Å². The van der Waals surface area contributed by atoms with E-state index in [1.165, 1.54) is 56.5 Å². The molecule has 1 saturated heterocycles. The summed E-state index contributed by atoms with van der Waals surface area (Å²) in [5.41, 5.74) is 0. The van der Waals surface area contributed by atoms with Crippen molar-refractivity contribution in [2.75, 3.05) is 11.5 Å². The maximum Gasteiger partial charge on any atom is 0.136 e. The van der Waals surface area contributed by atoms with Crippen LogP contribution in [0.15, 0.2) is 0 Å². The van der Waals surface area contributed by atoms with Crippen LogP contribution in [-0.4, -0.2) is 17.3 Å². The Labute approximate surface area is 97.4 Å². The molecule has 1 aliphatic carbocycles. The molecule has 0 spiro atoms. The molecule has 0 bridgehead atoms. The predicted molar refractivity (Wildman–Crippen MR) is 66.2 cm³/mol. The average Bonchev–Trinajstić information content (AvgIpc) is 2.31. The Kier molecular flexibility index (Phi) is 4.55. The van der Waals surface area contributed by atoms with Gasteiger partial charge in [-0.15, -0.1) is 0 Å². The molecule has 0 aromatic rings. The van der Waals surface area contributed by atoms with Gasteiger partial charge < -0.3 is 0 Å². The summed E-state index contributed by atoms with van der Waals surface area (Å²) in [6, 6.07) is 0. The lowest BCUT2D eigenvalue weighted by Crippen LogP contribution is -2.22. The summed E-state index contributed by atoms with van der Waals surface area (Å²) in [4.78, 5) is 12.1. The fraction of sp³-hybridized carbons (Fsp3) is 0.923. The Hall–Kier alpha value is 0.0200. The van der Waals surface area contributed by atoms with Crippen molar-refractivity contribution in [2.45, 2.75) is 51.4 Å². The van der Waals surface area contributed by atoms with Crippen LogP contribution in [0.1, 0.15) is 51.4 Å². The van der Waals surface area contributed by atoms with E-state index in [0.717, 1.165) is 12.3 Å². The molecule has 1 nitrogen and oxygen atoms in total. The van der Waals surface area contributed by atoms with Crippen molar-refractivity contribution in [1.82, 2.24) is 0 Å². The molecule has 2 aliphatic rings. The van der Waals surface area contributed by atoms with Crippen LogP contribution < -0.4 is 0 Å². The van der Waals surface area contributed by atoms with Crippen LogP contribution in [0.3, 0.4) is 0 Å². The minimum absolute atomic E-state index is 0.438. The molecule has 1 heterocycles. The Morgan fingerprint density at radius 2 is 1.67 bits per heavy atom. The summed E-state index contributed by atoms with van der Waals surface area (Å²) in [7, 11) is 0. The highest BCUT2D eigenvalue weighted by atomic mass is 32.2. The number of carbonyl (C=O) groups is 1. The van der Waals surface area contributed by atoms with Gasteiger partial charge in [0.05, 0.1) is 0 Å². The van der Waals surface area contributed by atoms with E-state index in [9.17, 15) is 4.79 Å². The summed E-state index contributed by atoms with van der Waals surface area (Å²) in [6.07, 6.45) is 9.75. The molecule has 0 atom stereocenters. The summed E-state index contributed by atoms with van der Waals surface area (Å²) in [5, 5.41) is 0. The van der Waals surface area contributed by atoms with Gasteiger partial charge in [-0.1, -0.05) is 19.3 Å². The lowest BCUT2D eigenvalue weighted by molar-refractivity contribution is -0.124. The molecule has 86 valence electrons. The molecule has 2 heteroatoms. The molecule has 0 aromatic heterocycles. The molecule has 0 N–H and O–H groups in total. The first-order chi connectivity index (χ1) is 7.36. The number of ketones is 1. The Morgan fingerprint density at radius 1 is 1.00 bits per heavy atom. The first-order valence-electron chi connectivity index (χ1n) is 6.46. The van der Waals surface area contributed by atoms with Crippen molar-refractivity contribution >= 4 is 17.5 Å². The van der Waals surface area contributed by atoms with Gasteiger partial charge in [0.1, 0.15) is 5.78 Å². The zero-order chi connectivity index (χ0) is 10.5. The zero-order valence-corrected chi connectivity index (χ0v) is 10.4. The molecule has 2 rings (SSSR count). The normalized spacial score (nSPS) is 25.3. The molecule has 15 heavy (non-hydrogen) atoms. The molecular formula is C13H22OS. The zero-order valence-electron chi connectivity index (χ0n) is 9.54. The van der Waals surface area contributed by atoms with E-state index in [2.05, 4.69) is 11.8 Å². The molecular weight excluding hydrogens is 204 g/mol. The van der Waals surface area contributed by atoms with Crippen molar-refractivity contribution in [2.24, 2.45) is 11.8 Å². The van der Waals surface area contributed by atoms with Gasteiger partial charge in [0.2, 0.25) is 0 Å². The predicted octanol–water partition coefficient (Wildman–Crippen LogP) is 3.67. The molecule has 0 unspecified atom stereocenters. The largest absolute Gasteiger partial charge is 0.299 e. The van der Waals surface area contributed by atoms with Gasteiger partial charge in [-0.25, -0.2) is 0 Å². The maximum absolute atomic E-state index is 12.1.